The van der Waals surface area contributed by atoms with Gasteiger partial charge in [-0.1, -0.05) is 24.3 Å². The molecule has 28 heavy (non-hydrogen) atoms. The van der Waals surface area contributed by atoms with Crippen LogP contribution in [0.2, 0.25) is 0 Å². The first-order valence-electron chi connectivity index (χ1n) is 10.3. The van der Waals surface area contributed by atoms with E-state index in [1.807, 2.05) is 0 Å². The van der Waals surface area contributed by atoms with Crippen molar-refractivity contribution in [1.82, 2.24) is 4.90 Å². The zero-order valence-electron chi connectivity index (χ0n) is 16.1. The van der Waals surface area contributed by atoms with E-state index in [4.69, 9.17) is 16.2 Å². The van der Waals surface area contributed by atoms with Gasteiger partial charge in [0.25, 0.3) is 0 Å². The molecule has 0 aromatic heterocycles. The van der Waals surface area contributed by atoms with Crippen molar-refractivity contribution in [3.8, 4) is 5.75 Å². The van der Waals surface area contributed by atoms with Gasteiger partial charge >= 0.3 is 0 Å². The highest BCUT2D eigenvalue weighted by atomic mass is 16.5. The van der Waals surface area contributed by atoms with E-state index in [0.29, 0.717) is 35.2 Å². The van der Waals surface area contributed by atoms with Crippen LogP contribution in [0.5, 0.6) is 5.75 Å². The van der Waals surface area contributed by atoms with Crippen LogP contribution in [0.25, 0.3) is 0 Å². The number of piperidine rings is 1. The lowest BCUT2D eigenvalue weighted by Gasteiger charge is -2.46. The molecule has 1 atom stereocenters. The summed E-state index contributed by atoms with van der Waals surface area (Å²) < 4.78 is 6.38. The van der Waals surface area contributed by atoms with Crippen molar-refractivity contribution in [2.75, 3.05) is 24.6 Å². The van der Waals surface area contributed by atoms with E-state index in [1.165, 1.54) is 17.5 Å². The largest absolute Gasteiger partial charge is 0.486 e. The Bertz CT molecular complexity index is 931. The number of likely N-dealkylation sites (tertiary alicyclic amines) is 1. The standard InChI is InChI=1S/C23H27N3O2/c24-19-12-18-21(27)14-23(28-22(18)13-20(19)25)7-9-26(10-8-23)17-6-5-15-3-1-2-4-16(15)11-17/h1-4,12-13,17H,5-11,14,24-25H2. The molecule has 2 heterocycles. The summed E-state index contributed by atoms with van der Waals surface area (Å²) in [5.41, 5.74) is 15.9. The molecular weight excluding hydrogens is 350 g/mol. The number of rotatable bonds is 1. The summed E-state index contributed by atoms with van der Waals surface area (Å²) in [5.74, 6) is 0.719. The molecule has 0 amide bonds. The average Bonchev–Trinajstić information content (AvgIpc) is 2.70. The summed E-state index contributed by atoms with van der Waals surface area (Å²) in [4.78, 5) is 15.4. The SMILES string of the molecule is Nc1cc2c(cc1N)C(=O)CC1(CCN(C3CCc4ccccc4C3)CC1)O2. The van der Waals surface area contributed by atoms with Crippen molar-refractivity contribution >= 4 is 17.2 Å². The van der Waals surface area contributed by atoms with Crippen LogP contribution in [-0.2, 0) is 12.8 Å². The third-order valence-electron chi connectivity index (χ3n) is 6.84. The minimum Gasteiger partial charge on any atom is -0.486 e. The fourth-order valence-corrected chi connectivity index (χ4v) is 5.14. The molecule has 5 rings (SSSR count). The molecule has 2 aromatic rings. The fraction of sp³-hybridized carbons (Fsp3) is 0.435. The Balaban J connectivity index is 1.30. The maximum absolute atomic E-state index is 12.8. The van der Waals surface area contributed by atoms with Crippen LogP contribution in [0, 0.1) is 0 Å². The van der Waals surface area contributed by atoms with Gasteiger partial charge in [-0.25, -0.2) is 0 Å². The van der Waals surface area contributed by atoms with E-state index in [9.17, 15) is 4.79 Å². The first-order chi connectivity index (χ1) is 13.5. The molecule has 1 unspecified atom stereocenters. The second-order valence-corrected chi connectivity index (χ2v) is 8.56. The van der Waals surface area contributed by atoms with Gasteiger partial charge in [-0.2, -0.15) is 0 Å². The molecule has 4 N–H and O–H groups in total. The second-order valence-electron chi connectivity index (χ2n) is 8.56. The van der Waals surface area contributed by atoms with Gasteiger partial charge in [-0.15, -0.1) is 0 Å². The van der Waals surface area contributed by atoms with Gasteiger partial charge in [0.15, 0.2) is 5.78 Å². The number of anilines is 2. The highest BCUT2D eigenvalue weighted by molar-refractivity contribution is 6.02. The number of fused-ring (bicyclic) bond motifs is 2. The predicted molar refractivity (Wildman–Crippen MR) is 111 cm³/mol. The van der Waals surface area contributed by atoms with Gasteiger partial charge in [0.1, 0.15) is 11.4 Å². The number of ketones is 1. The van der Waals surface area contributed by atoms with Crippen molar-refractivity contribution in [2.24, 2.45) is 0 Å². The molecule has 2 aliphatic heterocycles. The van der Waals surface area contributed by atoms with Gasteiger partial charge < -0.3 is 16.2 Å². The van der Waals surface area contributed by atoms with E-state index in [1.54, 1.807) is 12.1 Å². The van der Waals surface area contributed by atoms with Gasteiger partial charge in [-0.05, 0) is 36.5 Å². The van der Waals surface area contributed by atoms with Crippen LogP contribution in [0.1, 0.15) is 47.2 Å². The molecule has 5 nitrogen and oxygen atoms in total. The predicted octanol–water partition coefficient (Wildman–Crippen LogP) is 3.21. The van der Waals surface area contributed by atoms with Crippen molar-refractivity contribution in [3.63, 3.8) is 0 Å². The Labute approximate surface area is 165 Å². The van der Waals surface area contributed by atoms with Crippen LogP contribution >= 0.6 is 0 Å². The lowest BCUT2D eigenvalue weighted by atomic mass is 9.80. The van der Waals surface area contributed by atoms with Crippen molar-refractivity contribution in [3.05, 3.63) is 53.1 Å². The third kappa shape index (κ3) is 2.94. The molecule has 0 saturated carbocycles. The summed E-state index contributed by atoms with van der Waals surface area (Å²) in [7, 11) is 0. The maximum atomic E-state index is 12.8. The van der Waals surface area contributed by atoms with E-state index in [-0.39, 0.29) is 5.78 Å². The van der Waals surface area contributed by atoms with Gasteiger partial charge in [-0.3, -0.25) is 9.69 Å². The number of carbonyl (C=O) groups is 1. The van der Waals surface area contributed by atoms with E-state index < -0.39 is 5.60 Å². The molecular formula is C23H27N3O2. The lowest BCUT2D eigenvalue weighted by molar-refractivity contribution is -0.0200. The number of nitrogens with zero attached hydrogens (tertiary/aromatic N) is 1. The van der Waals surface area contributed by atoms with Crippen molar-refractivity contribution < 1.29 is 9.53 Å². The summed E-state index contributed by atoms with van der Waals surface area (Å²) >= 11 is 0. The first kappa shape index (κ1) is 17.6. The fourth-order valence-electron chi connectivity index (χ4n) is 5.14. The number of benzene rings is 2. The molecule has 1 aliphatic carbocycles. The lowest BCUT2D eigenvalue weighted by Crippen LogP contribution is -2.54. The molecule has 3 aliphatic rings. The Morgan fingerprint density at radius 3 is 2.54 bits per heavy atom. The van der Waals surface area contributed by atoms with Crippen LogP contribution in [0.15, 0.2) is 36.4 Å². The Morgan fingerprint density at radius 2 is 1.75 bits per heavy atom. The summed E-state index contributed by atoms with van der Waals surface area (Å²) in [5, 5.41) is 0. The molecule has 2 aromatic carbocycles. The topological polar surface area (TPSA) is 81.6 Å². The third-order valence-corrected chi connectivity index (χ3v) is 6.84. The first-order valence-corrected chi connectivity index (χ1v) is 10.3. The number of Topliss-reactive ketones (excluding diaryl/α,β-unsaturated/α-hetero) is 1. The average molecular weight is 377 g/mol. The zero-order valence-corrected chi connectivity index (χ0v) is 16.1. The monoisotopic (exact) mass is 377 g/mol. The molecule has 1 saturated heterocycles. The second kappa shape index (κ2) is 6.52. The molecule has 0 radical (unpaired) electrons. The van der Waals surface area contributed by atoms with Crippen LogP contribution in [0.3, 0.4) is 0 Å². The number of hydrogen-bond donors (Lipinski definition) is 2. The molecule has 146 valence electrons. The Morgan fingerprint density at radius 1 is 1.04 bits per heavy atom. The van der Waals surface area contributed by atoms with Crippen molar-refractivity contribution in [1.29, 1.82) is 0 Å². The number of nitrogens with two attached hydrogens (primary N) is 2. The summed E-state index contributed by atoms with van der Waals surface area (Å²) in [6.07, 6.45) is 5.68. The molecule has 1 spiro atoms. The highest BCUT2D eigenvalue weighted by Gasteiger charge is 2.44. The van der Waals surface area contributed by atoms with Crippen LogP contribution in [0.4, 0.5) is 11.4 Å². The number of nitrogen functional groups attached to an aromatic ring is 2. The molecule has 0 bridgehead atoms. The van der Waals surface area contributed by atoms with Gasteiger partial charge in [0.2, 0.25) is 0 Å². The normalized spacial score (nSPS) is 23.7. The van der Waals surface area contributed by atoms with E-state index in [2.05, 4.69) is 29.2 Å². The number of ether oxygens (including phenoxy) is 1. The van der Waals surface area contributed by atoms with E-state index in [0.717, 1.165) is 38.8 Å². The number of hydrogen-bond acceptors (Lipinski definition) is 5. The zero-order chi connectivity index (χ0) is 19.3. The Hall–Kier alpha value is -2.53. The number of carbonyl (C=O) groups excluding carboxylic acids is 1. The minimum absolute atomic E-state index is 0.119. The quantitative estimate of drug-likeness (QED) is 0.746. The van der Waals surface area contributed by atoms with Crippen molar-refractivity contribution in [2.45, 2.75) is 50.2 Å². The van der Waals surface area contributed by atoms with Gasteiger partial charge in [0, 0.05) is 38.0 Å². The Kier molecular flexibility index (Phi) is 4.09. The highest BCUT2D eigenvalue weighted by Crippen LogP contribution is 2.42. The molecule has 1 fully saturated rings. The smallest absolute Gasteiger partial charge is 0.170 e. The summed E-state index contributed by atoms with van der Waals surface area (Å²) in [6.45, 7) is 1.94. The molecule has 5 heteroatoms. The van der Waals surface area contributed by atoms with Crippen LogP contribution in [-0.4, -0.2) is 35.4 Å². The van der Waals surface area contributed by atoms with E-state index >= 15 is 0 Å². The minimum atomic E-state index is -0.393. The summed E-state index contributed by atoms with van der Waals surface area (Å²) in [6, 6.07) is 12.8. The van der Waals surface area contributed by atoms with Crippen LogP contribution < -0.4 is 16.2 Å². The number of aryl methyl sites for hydroxylation is 1. The van der Waals surface area contributed by atoms with Gasteiger partial charge in [0.05, 0.1) is 23.4 Å². The maximum Gasteiger partial charge on any atom is 0.170 e.